The van der Waals surface area contributed by atoms with Crippen LogP contribution < -0.4 is 0 Å². The Hall–Kier alpha value is -1.77. The molecule has 0 saturated carbocycles. The maximum absolute atomic E-state index is 12.7. The molecule has 0 spiro atoms. The van der Waals surface area contributed by atoms with Gasteiger partial charge in [-0.1, -0.05) is 38.1 Å². The number of carbonyl (C=O) groups excluding carboxylic acids is 1. The fraction of sp³-hybridized carbons (Fsp3) is 0.500. The second-order valence-electron chi connectivity index (χ2n) is 6.08. The van der Waals surface area contributed by atoms with E-state index in [1.807, 2.05) is 31.2 Å². The van der Waals surface area contributed by atoms with Gasteiger partial charge in [0.05, 0.1) is 13.7 Å². The lowest BCUT2D eigenvalue weighted by Crippen LogP contribution is -2.40. The van der Waals surface area contributed by atoms with Crippen LogP contribution in [0.5, 0.6) is 0 Å². The first kappa shape index (κ1) is 15.6. The van der Waals surface area contributed by atoms with Gasteiger partial charge in [0, 0.05) is 0 Å². The predicted molar refractivity (Wildman–Crippen MR) is 83.0 cm³/mol. The van der Waals surface area contributed by atoms with Gasteiger partial charge in [0.1, 0.15) is 11.2 Å². The van der Waals surface area contributed by atoms with E-state index in [2.05, 4.69) is 19.9 Å². The van der Waals surface area contributed by atoms with E-state index in [0.717, 1.165) is 24.0 Å². The first-order chi connectivity index (χ1) is 10.00. The number of benzene rings is 1. The van der Waals surface area contributed by atoms with Gasteiger partial charge in [0.15, 0.2) is 0 Å². The molecule has 1 atom stereocenters. The third kappa shape index (κ3) is 2.97. The molecule has 0 heterocycles. The van der Waals surface area contributed by atoms with Gasteiger partial charge < -0.3 is 9.47 Å². The summed E-state index contributed by atoms with van der Waals surface area (Å²) in [4.78, 5) is 12.7. The maximum Gasteiger partial charge on any atom is 0.324 e. The standard InChI is InChI=1S/C18H24O3/c1-13(2)11-12-21-17(19)18(3)15-8-6-5-7-14(15)9-10-16(18)20-4/h5-8,10,13H,9,11-12H2,1-4H3. The third-order valence-corrected chi connectivity index (χ3v) is 4.11. The SMILES string of the molecule is COC1=CCc2ccccc2C1(C)C(=O)OCCC(C)C. The molecule has 0 bridgehead atoms. The molecule has 2 rings (SSSR count). The lowest BCUT2D eigenvalue weighted by molar-refractivity contribution is -0.150. The number of hydrogen-bond acceptors (Lipinski definition) is 3. The van der Waals surface area contributed by atoms with Crippen molar-refractivity contribution in [3.8, 4) is 0 Å². The smallest absolute Gasteiger partial charge is 0.324 e. The summed E-state index contributed by atoms with van der Waals surface area (Å²) in [5.74, 6) is 0.959. The van der Waals surface area contributed by atoms with E-state index in [1.165, 1.54) is 0 Å². The minimum absolute atomic E-state index is 0.233. The minimum Gasteiger partial charge on any atom is -0.500 e. The molecule has 0 N–H and O–H groups in total. The van der Waals surface area contributed by atoms with Crippen molar-refractivity contribution in [3.05, 3.63) is 47.2 Å². The van der Waals surface area contributed by atoms with E-state index < -0.39 is 5.41 Å². The van der Waals surface area contributed by atoms with Crippen molar-refractivity contribution < 1.29 is 14.3 Å². The summed E-state index contributed by atoms with van der Waals surface area (Å²) in [5, 5.41) is 0. The largest absolute Gasteiger partial charge is 0.500 e. The number of hydrogen-bond donors (Lipinski definition) is 0. The second-order valence-corrected chi connectivity index (χ2v) is 6.08. The Morgan fingerprint density at radius 2 is 2.05 bits per heavy atom. The highest BCUT2D eigenvalue weighted by molar-refractivity contribution is 5.87. The lowest BCUT2D eigenvalue weighted by Gasteiger charge is -2.34. The fourth-order valence-electron chi connectivity index (χ4n) is 2.76. The van der Waals surface area contributed by atoms with E-state index in [-0.39, 0.29) is 5.97 Å². The summed E-state index contributed by atoms with van der Waals surface area (Å²) >= 11 is 0. The number of methoxy groups -OCH3 is 1. The maximum atomic E-state index is 12.7. The molecular formula is C18H24O3. The van der Waals surface area contributed by atoms with Crippen molar-refractivity contribution in [1.82, 2.24) is 0 Å². The third-order valence-electron chi connectivity index (χ3n) is 4.11. The Kier molecular flexibility index (Phi) is 4.71. The molecule has 0 fully saturated rings. The van der Waals surface area contributed by atoms with Crippen LogP contribution in [0.1, 0.15) is 38.3 Å². The van der Waals surface area contributed by atoms with Gasteiger partial charge in [-0.05, 0) is 42.9 Å². The van der Waals surface area contributed by atoms with Gasteiger partial charge in [0.2, 0.25) is 0 Å². The van der Waals surface area contributed by atoms with Gasteiger partial charge in [-0.3, -0.25) is 4.79 Å². The molecule has 0 aromatic heterocycles. The van der Waals surface area contributed by atoms with Crippen LogP contribution in [0.3, 0.4) is 0 Å². The molecule has 0 amide bonds. The molecule has 3 nitrogen and oxygen atoms in total. The number of allylic oxidation sites excluding steroid dienone is 1. The molecule has 1 aliphatic rings. The summed E-state index contributed by atoms with van der Waals surface area (Å²) in [7, 11) is 1.61. The van der Waals surface area contributed by atoms with E-state index in [4.69, 9.17) is 9.47 Å². The van der Waals surface area contributed by atoms with Crippen molar-refractivity contribution in [1.29, 1.82) is 0 Å². The van der Waals surface area contributed by atoms with Crippen molar-refractivity contribution in [2.24, 2.45) is 5.92 Å². The summed E-state index contributed by atoms with van der Waals surface area (Å²) in [5.41, 5.74) is 1.29. The monoisotopic (exact) mass is 288 g/mol. The number of fused-ring (bicyclic) bond motifs is 1. The molecular weight excluding hydrogens is 264 g/mol. The normalized spacial score (nSPS) is 20.7. The van der Waals surface area contributed by atoms with Crippen molar-refractivity contribution in [3.63, 3.8) is 0 Å². The first-order valence-corrected chi connectivity index (χ1v) is 7.50. The van der Waals surface area contributed by atoms with Gasteiger partial charge >= 0.3 is 5.97 Å². The Balaban J connectivity index is 2.29. The number of ether oxygens (including phenoxy) is 2. The molecule has 1 aliphatic carbocycles. The van der Waals surface area contributed by atoms with Crippen LogP contribution in [0.2, 0.25) is 0 Å². The number of rotatable bonds is 5. The average molecular weight is 288 g/mol. The highest BCUT2D eigenvalue weighted by atomic mass is 16.5. The molecule has 3 heteroatoms. The molecule has 0 radical (unpaired) electrons. The van der Waals surface area contributed by atoms with Crippen LogP contribution in [-0.4, -0.2) is 19.7 Å². The van der Waals surface area contributed by atoms with Crippen molar-refractivity contribution in [2.75, 3.05) is 13.7 Å². The molecule has 1 unspecified atom stereocenters. The van der Waals surface area contributed by atoms with Crippen LogP contribution in [-0.2, 0) is 26.1 Å². The highest BCUT2D eigenvalue weighted by Gasteiger charge is 2.45. The summed E-state index contributed by atoms with van der Waals surface area (Å²) in [6, 6.07) is 8.00. The Labute approximate surface area is 127 Å². The number of carbonyl (C=O) groups is 1. The van der Waals surface area contributed by atoms with E-state index >= 15 is 0 Å². The molecule has 1 aromatic carbocycles. The second kappa shape index (κ2) is 6.33. The van der Waals surface area contributed by atoms with Crippen LogP contribution in [0.25, 0.3) is 0 Å². The summed E-state index contributed by atoms with van der Waals surface area (Å²) in [6.45, 7) is 6.57. The topological polar surface area (TPSA) is 35.5 Å². The molecule has 0 aliphatic heterocycles. The first-order valence-electron chi connectivity index (χ1n) is 7.50. The van der Waals surface area contributed by atoms with Crippen LogP contribution >= 0.6 is 0 Å². The van der Waals surface area contributed by atoms with Gasteiger partial charge in [-0.25, -0.2) is 0 Å². The predicted octanol–water partition coefficient (Wildman–Crippen LogP) is 3.62. The Morgan fingerprint density at radius 3 is 2.71 bits per heavy atom. The Morgan fingerprint density at radius 1 is 1.33 bits per heavy atom. The highest BCUT2D eigenvalue weighted by Crippen LogP contribution is 2.39. The molecule has 1 aromatic rings. The summed E-state index contributed by atoms with van der Waals surface area (Å²) in [6.07, 6.45) is 3.63. The zero-order chi connectivity index (χ0) is 15.5. The fourth-order valence-corrected chi connectivity index (χ4v) is 2.76. The van der Waals surface area contributed by atoms with Gasteiger partial charge in [-0.2, -0.15) is 0 Å². The minimum atomic E-state index is -0.847. The number of esters is 1. The Bertz CT molecular complexity index is 545. The quantitative estimate of drug-likeness (QED) is 0.776. The zero-order valence-corrected chi connectivity index (χ0v) is 13.3. The molecule has 21 heavy (non-hydrogen) atoms. The lowest BCUT2D eigenvalue weighted by atomic mass is 9.74. The van der Waals surface area contributed by atoms with Crippen molar-refractivity contribution >= 4 is 5.97 Å². The molecule has 0 saturated heterocycles. The zero-order valence-electron chi connectivity index (χ0n) is 13.3. The summed E-state index contributed by atoms with van der Waals surface area (Å²) < 4.78 is 11.0. The van der Waals surface area contributed by atoms with Crippen LogP contribution in [0.4, 0.5) is 0 Å². The van der Waals surface area contributed by atoms with Gasteiger partial charge in [0.25, 0.3) is 0 Å². The van der Waals surface area contributed by atoms with E-state index in [9.17, 15) is 4.79 Å². The van der Waals surface area contributed by atoms with Gasteiger partial charge in [-0.15, -0.1) is 0 Å². The van der Waals surface area contributed by atoms with E-state index in [1.54, 1.807) is 7.11 Å². The van der Waals surface area contributed by atoms with Crippen LogP contribution in [0.15, 0.2) is 36.1 Å². The van der Waals surface area contributed by atoms with Crippen LogP contribution in [0, 0.1) is 5.92 Å². The van der Waals surface area contributed by atoms with E-state index in [0.29, 0.717) is 18.3 Å². The average Bonchev–Trinajstić information content (AvgIpc) is 2.47. The van der Waals surface area contributed by atoms with Crippen molar-refractivity contribution in [2.45, 2.75) is 39.0 Å². The molecule has 114 valence electrons.